The second kappa shape index (κ2) is 8.92. The highest BCUT2D eigenvalue weighted by molar-refractivity contribution is 7.13. The number of thiazole rings is 1. The van der Waals surface area contributed by atoms with E-state index in [4.69, 9.17) is 4.74 Å². The molecule has 0 aromatic carbocycles. The topological polar surface area (TPSA) is 77.2 Å². The molecular weight excluding hydrogens is 352 g/mol. The molecule has 26 heavy (non-hydrogen) atoms. The first-order valence-electron chi connectivity index (χ1n) is 9.29. The van der Waals surface area contributed by atoms with Crippen LogP contribution in [-0.4, -0.2) is 61.7 Å². The number of esters is 1. The van der Waals surface area contributed by atoms with E-state index in [-0.39, 0.29) is 17.4 Å². The van der Waals surface area contributed by atoms with Gasteiger partial charge in [-0.25, -0.2) is 9.78 Å². The molecule has 3 N–H and O–H groups in total. The highest BCUT2D eigenvalue weighted by atomic mass is 32.1. The van der Waals surface area contributed by atoms with Crippen LogP contribution in [0, 0.1) is 6.92 Å². The number of quaternary nitrogens is 2. The number of piperazine rings is 1. The Morgan fingerprint density at radius 2 is 1.81 bits per heavy atom. The van der Waals surface area contributed by atoms with Crippen LogP contribution < -0.4 is 15.1 Å². The number of aryl methyl sites for hydroxylation is 1. The van der Waals surface area contributed by atoms with E-state index in [1.165, 1.54) is 21.1 Å². The Morgan fingerprint density at radius 3 is 2.38 bits per heavy atom. The number of hydrogen-bond acceptors (Lipinski definition) is 5. The number of amides is 1. The summed E-state index contributed by atoms with van der Waals surface area (Å²) in [6, 6.07) is 0. The number of ether oxygens (including phenoxy) is 1. The summed E-state index contributed by atoms with van der Waals surface area (Å²) in [7, 11) is 0. The van der Waals surface area contributed by atoms with E-state index in [0.717, 1.165) is 43.4 Å². The summed E-state index contributed by atoms with van der Waals surface area (Å²) in [5.74, 6) is -0.159. The van der Waals surface area contributed by atoms with Gasteiger partial charge in [-0.15, -0.1) is 11.3 Å². The standard InChI is InChI=1S/C18H30N4O3S/c1-6-25-17(24)16-13(2)19-15(26-16)12-22-9-7-21(8-10-22)11-14(23)20-18(3,4)5/h6-12H2,1-5H3,(H,20,23)/p+2. The number of hydrogen-bond donors (Lipinski definition) is 3. The van der Waals surface area contributed by atoms with Crippen LogP contribution in [0.25, 0.3) is 0 Å². The van der Waals surface area contributed by atoms with Crippen molar-refractivity contribution in [1.29, 1.82) is 0 Å². The number of rotatable bonds is 6. The van der Waals surface area contributed by atoms with Crippen molar-refractivity contribution in [2.24, 2.45) is 0 Å². The van der Waals surface area contributed by atoms with E-state index < -0.39 is 0 Å². The number of nitrogens with zero attached hydrogens (tertiary/aromatic N) is 1. The lowest BCUT2D eigenvalue weighted by molar-refractivity contribution is -1.02. The molecule has 1 fully saturated rings. The van der Waals surface area contributed by atoms with Gasteiger partial charge in [0.1, 0.15) is 42.6 Å². The largest absolute Gasteiger partial charge is 0.462 e. The Labute approximate surface area is 159 Å². The summed E-state index contributed by atoms with van der Waals surface area (Å²) in [6.45, 7) is 15.4. The Morgan fingerprint density at radius 1 is 1.19 bits per heavy atom. The van der Waals surface area contributed by atoms with Crippen LogP contribution in [-0.2, 0) is 16.1 Å². The van der Waals surface area contributed by atoms with Gasteiger partial charge in [-0.2, -0.15) is 0 Å². The predicted molar refractivity (Wildman–Crippen MR) is 101 cm³/mol. The maximum atomic E-state index is 12.1. The van der Waals surface area contributed by atoms with Crippen LogP contribution in [0.4, 0.5) is 0 Å². The summed E-state index contributed by atoms with van der Waals surface area (Å²) >= 11 is 1.44. The zero-order valence-electron chi connectivity index (χ0n) is 16.5. The smallest absolute Gasteiger partial charge is 0.350 e. The number of carbonyl (C=O) groups excluding carboxylic acids is 2. The maximum Gasteiger partial charge on any atom is 0.350 e. The number of carbonyl (C=O) groups is 2. The van der Waals surface area contributed by atoms with Gasteiger partial charge in [0, 0.05) is 5.54 Å². The minimum Gasteiger partial charge on any atom is -0.462 e. The van der Waals surface area contributed by atoms with Gasteiger partial charge in [0.2, 0.25) is 0 Å². The zero-order valence-corrected chi connectivity index (χ0v) is 17.3. The van der Waals surface area contributed by atoms with Crippen LogP contribution in [0.15, 0.2) is 0 Å². The summed E-state index contributed by atoms with van der Waals surface area (Å²) in [6.07, 6.45) is 0. The summed E-state index contributed by atoms with van der Waals surface area (Å²) in [5, 5.41) is 4.01. The maximum absolute atomic E-state index is 12.1. The third kappa shape index (κ3) is 6.34. The molecule has 0 atom stereocenters. The van der Waals surface area contributed by atoms with E-state index in [1.54, 1.807) is 0 Å². The van der Waals surface area contributed by atoms with Crippen molar-refractivity contribution >= 4 is 23.2 Å². The molecule has 146 valence electrons. The van der Waals surface area contributed by atoms with E-state index in [2.05, 4.69) is 10.3 Å². The van der Waals surface area contributed by atoms with Crippen molar-refractivity contribution in [2.75, 3.05) is 39.3 Å². The van der Waals surface area contributed by atoms with Gasteiger partial charge in [0.15, 0.2) is 6.54 Å². The molecule has 7 nitrogen and oxygen atoms in total. The van der Waals surface area contributed by atoms with Crippen LogP contribution >= 0.6 is 11.3 Å². The molecule has 0 unspecified atom stereocenters. The fraction of sp³-hybridized carbons (Fsp3) is 0.722. The van der Waals surface area contributed by atoms with Crippen LogP contribution in [0.2, 0.25) is 0 Å². The molecule has 1 amide bonds. The average molecular weight is 385 g/mol. The highest BCUT2D eigenvalue weighted by Gasteiger charge is 2.27. The van der Waals surface area contributed by atoms with Crippen molar-refractivity contribution in [1.82, 2.24) is 10.3 Å². The first kappa shape index (κ1) is 20.8. The third-order valence-corrected chi connectivity index (χ3v) is 5.43. The summed E-state index contributed by atoms with van der Waals surface area (Å²) < 4.78 is 5.08. The summed E-state index contributed by atoms with van der Waals surface area (Å²) in [4.78, 5) is 31.9. The number of nitrogens with one attached hydrogen (secondary N) is 3. The third-order valence-electron chi connectivity index (χ3n) is 4.29. The molecule has 0 aliphatic carbocycles. The van der Waals surface area contributed by atoms with Gasteiger partial charge in [-0.1, -0.05) is 0 Å². The lowest BCUT2D eigenvalue weighted by Crippen LogP contribution is -3.28. The van der Waals surface area contributed by atoms with Crippen molar-refractivity contribution in [3.8, 4) is 0 Å². The fourth-order valence-electron chi connectivity index (χ4n) is 3.13. The molecule has 0 bridgehead atoms. The Kier molecular flexibility index (Phi) is 7.14. The van der Waals surface area contributed by atoms with Gasteiger partial charge in [-0.3, -0.25) is 4.79 Å². The number of aromatic nitrogens is 1. The van der Waals surface area contributed by atoms with E-state index in [1.807, 2.05) is 34.6 Å². The molecule has 8 heteroatoms. The van der Waals surface area contributed by atoms with Gasteiger partial charge in [0.25, 0.3) is 5.91 Å². The van der Waals surface area contributed by atoms with Crippen molar-refractivity contribution in [2.45, 2.75) is 46.7 Å². The molecule has 0 spiro atoms. The molecule has 0 saturated carbocycles. The Balaban J connectivity index is 1.81. The van der Waals surface area contributed by atoms with E-state index >= 15 is 0 Å². The molecule has 1 aliphatic rings. The minimum atomic E-state index is -0.275. The quantitative estimate of drug-likeness (QED) is 0.540. The lowest BCUT2D eigenvalue weighted by Gasteiger charge is -2.29. The van der Waals surface area contributed by atoms with Gasteiger partial charge in [-0.05, 0) is 34.6 Å². The molecule has 0 radical (unpaired) electrons. The van der Waals surface area contributed by atoms with Crippen LogP contribution in [0.1, 0.15) is 48.1 Å². The fourth-order valence-corrected chi connectivity index (χ4v) is 4.16. The highest BCUT2D eigenvalue weighted by Crippen LogP contribution is 2.18. The first-order chi connectivity index (χ1) is 12.2. The lowest BCUT2D eigenvalue weighted by atomic mass is 10.1. The normalized spacial score (nSPS) is 20.7. The molecule has 1 saturated heterocycles. The van der Waals surface area contributed by atoms with Crippen molar-refractivity contribution in [3.05, 3.63) is 15.6 Å². The van der Waals surface area contributed by atoms with Crippen molar-refractivity contribution in [3.63, 3.8) is 0 Å². The predicted octanol–water partition coefficient (Wildman–Crippen LogP) is -1.17. The van der Waals surface area contributed by atoms with Gasteiger partial charge < -0.3 is 19.9 Å². The van der Waals surface area contributed by atoms with Gasteiger partial charge >= 0.3 is 5.97 Å². The molecule has 1 aromatic heterocycles. The van der Waals surface area contributed by atoms with Crippen LogP contribution in [0.3, 0.4) is 0 Å². The first-order valence-corrected chi connectivity index (χ1v) is 10.1. The van der Waals surface area contributed by atoms with Crippen LogP contribution in [0.5, 0.6) is 0 Å². The molecule has 1 aliphatic heterocycles. The Bertz CT molecular complexity index is 631. The van der Waals surface area contributed by atoms with E-state index in [0.29, 0.717) is 18.0 Å². The monoisotopic (exact) mass is 384 g/mol. The molecule has 2 heterocycles. The minimum absolute atomic E-state index is 0.116. The van der Waals surface area contributed by atoms with Crippen molar-refractivity contribution < 1.29 is 24.1 Å². The van der Waals surface area contributed by atoms with E-state index in [9.17, 15) is 9.59 Å². The SMILES string of the molecule is CCOC(=O)c1sc(C[NH+]2CC[NH+](CC(=O)NC(C)(C)C)CC2)nc1C. The zero-order chi connectivity index (χ0) is 19.3. The average Bonchev–Trinajstić information content (AvgIpc) is 2.88. The second-order valence-corrected chi connectivity index (χ2v) is 8.98. The molecule has 2 rings (SSSR count). The summed E-state index contributed by atoms with van der Waals surface area (Å²) in [5.41, 5.74) is 0.578. The second-order valence-electron chi connectivity index (χ2n) is 7.89. The van der Waals surface area contributed by atoms with Gasteiger partial charge in [0.05, 0.1) is 12.3 Å². The molecular formula is C18H32N4O3S+2. The molecule has 1 aromatic rings. The Hall–Kier alpha value is -1.51.